The van der Waals surface area contributed by atoms with Crippen molar-refractivity contribution in [1.82, 2.24) is 15.3 Å². The Morgan fingerprint density at radius 1 is 1.19 bits per heavy atom. The van der Waals surface area contributed by atoms with Crippen LogP contribution in [-0.2, 0) is 25.8 Å². The van der Waals surface area contributed by atoms with Crippen molar-refractivity contribution in [2.75, 3.05) is 6.54 Å². The predicted octanol–water partition coefficient (Wildman–Crippen LogP) is 1.61. The van der Waals surface area contributed by atoms with Gasteiger partial charge in [-0.25, -0.2) is 14.8 Å². The molecule has 1 aromatic heterocycles. The molecule has 0 atom stereocenters. The minimum atomic E-state index is -0.962. The summed E-state index contributed by atoms with van der Waals surface area (Å²) in [6.07, 6.45) is 2.14. The lowest BCUT2D eigenvalue weighted by atomic mass is 10.0. The van der Waals surface area contributed by atoms with Crippen molar-refractivity contribution in [3.63, 3.8) is 0 Å². The Morgan fingerprint density at radius 2 is 2.00 bits per heavy atom. The molecular formula is C16H17N3O2. The molecule has 21 heavy (non-hydrogen) atoms. The van der Waals surface area contributed by atoms with Crippen molar-refractivity contribution in [2.45, 2.75) is 25.8 Å². The van der Waals surface area contributed by atoms with E-state index in [-0.39, 0.29) is 5.69 Å². The molecule has 0 saturated carbocycles. The number of nitrogens with one attached hydrogen (secondary N) is 1. The van der Waals surface area contributed by atoms with E-state index in [1.807, 2.05) is 18.2 Å². The van der Waals surface area contributed by atoms with Gasteiger partial charge in [0.15, 0.2) is 5.69 Å². The number of fused-ring (bicyclic) bond motifs is 1. The molecule has 0 bridgehead atoms. The van der Waals surface area contributed by atoms with E-state index < -0.39 is 5.97 Å². The number of nitrogens with zero attached hydrogens (tertiary/aromatic N) is 2. The molecule has 1 aliphatic rings. The van der Waals surface area contributed by atoms with Crippen LogP contribution in [0.5, 0.6) is 0 Å². The summed E-state index contributed by atoms with van der Waals surface area (Å²) < 4.78 is 0. The van der Waals surface area contributed by atoms with E-state index in [1.165, 1.54) is 5.56 Å². The maximum Gasteiger partial charge on any atom is 0.354 e. The zero-order chi connectivity index (χ0) is 14.7. The van der Waals surface area contributed by atoms with Gasteiger partial charge in [0.25, 0.3) is 0 Å². The Hall–Kier alpha value is -2.27. The molecule has 5 nitrogen and oxygen atoms in total. The lowest BCUT2D eigenvalue weighted by Gasteiger charge is -2.18. The molecule has 1 aromatic carbocycles. The monoisotopic (exact) mass is 283 g/mol. The topological polar surface area (TPSA) is 75.1 Å². The molecule has 0 radical (unpaired) electrons. The number of carbonyl (C=O) groups is 1. The second kappa shape index (κ2) is 6.01. The molecule has 5 heteroatoms. The smallest absolute Gasteiger partial charge is 0.354 e. The van der Waals surface area contributed by atoms with E-state index in [4.69, 9.17) is 0 Å². The SMILES string of the molecule is O=C(O)c1nc(CCc2ccccc2)nc2c1CCNC2. The Morgan fingerprint density at radius 3 is 2.76 bits per heavy atom. The first-order chi connectivity index (χ1) is 10.2. The Kier molecular flexibility index (Phi) is 3.92. The number of hydrogen-bond acceptors (Lipinski definition) is 4. The number of rotatable bonds is 4. The minimum Gasteiger partial charge on any atom is -0.477 e. The summed E-state index contributed by atoms with van der Waals surface area (Å²) in [7, 11) is 0. The van der Waals surface area contributed by atoms with Crippen LogP contribution in [0.3, 0.4) is 0 Å². The van der Waals surface area contributed by atoms with Gasteiger partial charge in [0.05, 0.1) is 5.69 Å². The van der Waals surface area contributed by atoms with Crippen molar-refractivity contribution >= 4 is 5.97 Å². The fraction of sp³-hybridized carbons (Fsp3) is 0.312. The average molecular weight is 283 g/mol. The number of carboxylic acids is 1. The highest BCUT2D eigenvalue weighted by Crippen LogP contribution is 2.17. The molecule has 108 valence electrons. The normalized spacial score (nSPS) is 13.7. The van der Waals surface area contributed by atoms with Crippen LogP contribution in [-0.4, -0.2) is 27.6 Å². The molecule has 2 heterocycles. The third kappa shape index (κ3) is 3.08. The van der Waals surface area contributed by atoms with Crippen LogP contribution >= 0.6 is 0 Å². The summed E-state index contributed by atoms with van der Waals surface area (Å²) in [5.41, 5.74) is 2.99. The molecule has 3 rings (SSSR count). The van der Waals surface area contributed by atoms with Gasteiger partial charge in [0.2, 0.25) is 0 Å². The number of benzene rings is 1. The maximum absolute atomic E-state index is 11.4. The highest BCUT2D eigenvalue weighted by atomic mass is 16.4. The third-order valence-corrected chi connectivity index (χ3v) is 3.67. The van der Waals surface area contributed by atoms with E-state index in [2.05, 4.69) is 27.4 Å². The van der Waals surface area contributed by atoms with Crippen molar-refractivity contribution in [1.29, 1.82) is 0 Å². The predicted molar refractivity (Wildman–Crippen MR) is 78.3 cm³/mol. The summed E-state index contributed by atoms with van der Waals surface area (Å²) in [6.45, 7) is 1.40. The average Bonchev–Trinajstić information content (AvgIpc) is 2.53. The van der Waals surface area contributed by atoms with Crippen LogP contribution in [0, 0.1) is 0 Å². The van der Waals surface area contributed by atoms with E-state index >= 15 is 0 Å². The maximum atomic E-state index is 11.4. The van der Waals surface area contributed by atoms with Gasteiger partial charge in [-0.1, -0.05) is 30.3 Å². The number of aromatic nitrogens is 2. The minimum absolute atomic E-state index is 0.171. The van der Waals surface area contributed by atoms with Gasteiger partial charge >= 0.3 is 5.97 Å². The van der Waals surface area contributed by atoms with Crippen LogP contribution in [0.1, 0.15) is 33.1 Å². The molecule has 0 unspecified atom stereocenters. The zero-order valence-corrected chi connectivity index (χ0v) is 11.7. The first kappa shape index (κ1) is 13.7. The first-order valence-electron chi connectivity index (χ1n) is 7.10. The summed E-state index contributed by atoms with van der Waals surface area (Å²) in [4.78, 5) is 20.2. The molecule has 0 spiro atoms. The van der Waals surface area contributed by atoms with E-state index in [0.29, 0.717) is 25.2 Å². The van der Waals surface area contributed by atoms with Crippen molar-refractivity contribution in [2.24, 2.45) is 0 Å². The fourth-order valence-corrected chi connectivity index (χ4v) is 2.60. The van der Waals surface area contributed by atoms with Crippen LogP contribution in [0.2, 0.25) is 0 Å². The van der Waals surface area contributed by atoms with Gasteiger partial charge in [-0.3, -0.25) is 0 Å². The third-order valence-electron chi connectivity index (χ3n) is 3.67. The Balaban J connectivity index is 1.85. The Labute approximate surface area is 123 Å². The molecule has 0 amide bonds. The molecule has 0 fully saturated rings. The second-order valence-electron chi connectivity index (χ2n) is 5.13. The van der Waals surface area contributed by atoms with Gasteiger partial charge in [-0.2, -0.15) is 0 Å². The second-order valence-corrected chi connectivity index (χ2v) is 5.13. The first-order valence-corrected chi connectivity index (χ1v) is 7.10. The van der Waals surface area contributed by atoms with E-state index in [0.717, 1.165) is 24.2 Å². The lowest BCUT2D eigenvalue weighted by molar-refractivity contribution is 0.0688. The molecular weight excluding hydrogens is 266 g/mol. The summed E-state index contributed by atoms with van der Waals surface area (Å²) in [6, 6.07) is 10.1. The summed E-state index contributed by atoms with van der Waals surface area (Å²) in [5, 5.41) is 12.6. The van der Waals surface area contributed by atoms with Crippen molar-refractivity contribution in [3.8, 4) is 0 Å². The largest absolute Gasteiger partial charge is 0.477 e. The van der Waals surface area contributed by atoms with Crippen LogP contribution in [0.4, 0.5) is 0 Å². The highest BCUT2D eigenvalue weighted by Gasteiger charge is 2.21. The number of aromatic carboxylic acids is 1. The fourth-order valence-electron chi connectivity index (χ4n) is 2.60. The standard InChI is InChI=1S/C16H17N3O2/c20-16(21)15-12-8-9-17-10-13(12)18-14(19-15)7-6-11-4-2-1-3-5-11/h1-5,17H,6-10H2,(H,20,21). The van der Waals surface area contributed by atoms with Crippen LogP contribution in [0.25, 0.3) is 0 Å². The van der Waals surface area contributed by atoms with Gasteiger partial charge in [-0.15, -0.1) is 0 Å². The van der Waals surface area contributed by atoms with Gasteiger partial charge in [-0.05, 0) is 24.9 Å². The lowest BCUT2D eigenvalue weighted by Crippen LogP contribution is -2.28. The summed E-state index contributed by atoms with van der Waals surface area (Å²) >= 11 is 0. The molecule has 0 saturated heterocycles. The Bertz CT molecular complexity index is 656. The molecule has 2 N–H and O–H groups in total. The summed E-state index contributed by atoms with van der Waals surface area (Å²) in [5.74, 6) is -0.352. The van der Waals surface area contributed by atoms with Crippen LogP contribution in [0.15, 0.2) is 30.3 Å². The number of carboxylic acid groups (broad SMARTS) is 1. The molecule has 0 aliphatic carbocycles. The zero-order valence-electron chi connectivity index (χ0n) is 11.7. The van der Waals surface area contributed by atoms with E-state index in [9.17, 15) is 9.90 Å². The van der Waals surface area contributed by atoms with Gasteiger partial charge in [0.1, 0.15) is 5.82 Å². The quantitative estimate of drug-likeness (QED) is 0.891. The van der Waals surface area contributed by atoms with Crippen molar-refractivity contribution < 1.29 is 9.90 Å². The number of hydrogen-bond donors (Lipinski definition) is 2. The van der Waals surface area contributed by atoms with Gasteiger partial charge < -0.3 is 10.4 Å². The van der Waals surface area contributed by atoms with Crippen LogP contribution < -0.4 is 5.32 Å². The number of aryl methyl sites for hydroxylation is 2. The van der Waals surface area contributed by atoms with Gasteiger partial charge in [0, 0.05) is 18.5 Å². The molecule has 1 aliphatic heterocycles. The highest BCUT2D eigenvalue weighted by molar-refractivity contribution is 5.87. The van der Waals surface area contributed by atoms with Crippen molar-refractivity contribution in [3.05, 3.63) is 58.7 Å². The molecule has 2 aromatic rings. The van der Waals surface area contributed by atoms with E-state index in [1.54, 1.807) is 0 Å².